The number of fused-ring (bicyclic) bond motifs is 1. The van der Waals surface area contributed by atoms with Crippen LogP contribution in [0.2, 0.25) is 5.02 Å². The second-order valence-electron chi connectivity index (χ2n) is 6.19. The van der Waals surface area contributed by atoms with Crippen LogP contribution < -0.4 is 9.47 Å². The monoisotopic (exact) mass is 408 g/mol. The third-order valence-electron chi connectivity index (χ3n) is 4.59. The lowest BCUT2D eigenvalue weighted by atomic mass is 10.1. The molecule has 0 aromatic heterocycles. The van der Waals surface area contributed by atoms with Gasteiger partial charge in [0.1, 0.15) is 0 Å². The number of benzene rings is 2. The van der Waals surface area contributed by atoms with Crippen LogP contribution in [0.4, 0.5) is 0 Å². The maximum absolute atomic E-state index is 12.8. The van der Waals surface area contributed by atoms with Crippen molar-refractivity contribution in [2.75, 3.05) is 33.0 Å². The Morgan fingerprint density at radius 2 is 1.74 bits per heavy atom. The first-order valence-electron chi connectivity index (χ1n) is 8.40. The van der Waals surface area contributed by atoms with Crippen LogP contribution in [0.3, 0.4) is 0 Å². The molecule has 27 heavy (non-hydrogen) atoms. The number of carbonyl (C=O) groups excluding carboxylic acids is 1. The third-order valence-corrected chi connectivity index (χ3v) is 6.72. The van der Waals surface area contributed by atoms with Gasteiger partial charge in [0.2, 0.25) is 16.8 Å². The molecule has 1 saturated heterocycles. The number of rotatable bonds is 3. The molecule has 2 heterocycles. The van der Waals surface area contributed by atoms with Crippen LogP contribution in [-0.2, 0) is 10.0 Å². The molecule has 0 unspecified atom stereocenters. The summed E-state index contributed by atoms with van der Waals surface area (Å²) in [6.45, 7) is 1.11. The Bertz CT molecular complexity index is 987. The van der Waals surface area contributed by atoms with E-state index in [2.05, 4.69) is 0 Å². The topological polar surface area (TPSA) is 76.2 Å². The number of piperazine rings is 1. The molecule has 1 fully saturated rings. The molecule has 2 aliphatic heterocycles. The molecule has 0 atom stereocenters. The smallest absolute Gasteiger partial charge is 0.257 e. The van der Waals surface area contributed by atoms with Crippen LogP contribution in [0, 0.1) is 0 Å². The zero-order chi connectivity index (χ0) is 19.0. The van der Waals surface area contributed by atoms with E-state index in [0.29, 0.717) is 35.2 Å². The molecular weight excluding hydrogens is 392 g/mol. The standard InChI is InChI=1S/C18H17ClN2O5S/c19-13-3-1-4-14(11-13)27(23,24)21-9-7-20(8-10-21)18(22)15-5-2-6-16-17(15)26-12-25-16/h1-6,11H,7-10,12H2. The van der Waals surface area contributed by atoms with E-state index in [1.807, 2.05) is 0 Å². The van der Waals surface area contributed by atoms with Crippen molar-refractivity contribution in [3.05, 3.63) is 53.1 Å². The van der Waals surface area contributed by atoms with E-state index < -0.39 is 10.0 Å². The van der Waals surface area contributed by atoms with Gasteiger partial charge in [0, 0.05) is 31.2 Å². The van der Waals surface area contributed by atoms with Crippen molar-refractivity contribution in [2.24, 2.45) is 0 Å². The molecule has 0 N–H and O–H groups in total. The largest absolute Gasteiger partial charge is 0.454 e. The van der Waals surface area contributed by atoms with Gasteiger partial charge in [-0.25, -0.2) is 8.42 Å². The van der Waals surface area contributed by atoms with Crippen molar-refractivity contribution in [3.63, 3.8) is 0 Å². The van der Waals surface area contributed by atoms with E-state index in [1.54, 1.807) is 35.2 Å². The van der Waals surface area contributed by atoms with Crippen molar-refractivity contribution in [1.29, 1.82) is 0 Å². The van der Waals surface area contributed by atoms with Crippen molar-refractivity contribution in [2.45, 2.75) is 4.90 Å². The average Bonchev–Trinajstić information content (AvgIpc) is 3.16. The highest BCUT2D eigenvalue weighted by atomic mass is 35.5. The van der Waals surface area contributed by atoms with Crippen LogP contribution in [0.1, 0.15) is 10.4 Å². The second kappa shape index (κ2) is 7.03. The lowest BCUT2D eigenvalue weighted by Gasteiger charge is -2.34. The maximum atomic E-state index is 12.8. The molecule has 142 valence electrons. The fourth-order valence-electron chi connectivity index (χ4n) is 3.18. The van der Waals surface area contributed by atoms with Gasteiger partial charge in [-0.1, -0.05) is 23.7 Å². The first-order chi connectivity index (χ1) is 13.0. The molecule has 1 amide bonds. The van der Waals surface area contributed by atoms with E-state index in [0.717, 1.165) is 0 Å². The second-order valence-corrected chi connectivity index (χ2v) is 8.57. The number of carbonyl (C=O) groups is 1. The Morgan fingerprint density at radius 1 is 1.00 bits per heavy atom. The van der Waals surface area contributed by atoms with E-state index in [1.165, 1.54) is 16.4 Å². The quantitative estimate of drug-likeness (QED) is 0.778. The normalized spacial score (nSPS) is 17.1. The molecule has 7 nitrogen and oxygen atoms in total. The molecule has 0 radical (unpaired) electrons. The van der Waals surface area contributed by atoms with Gasteiger partial charge in [-0.2, -0.15) is 4.31 Å². The summed E-state index contributed by atoms with van der Waals surface area (Å²) in [5, 5.41) is 0.366. The summed E-state index contributed by atoms with van der Waals surface area (Å²) < 4.78 is 37.6. The van der Waals surface area contributed by atoms with Gasteiger partial charge < -0.3 is 14.4 Å². The van der Waals surface area contributed by atoms with Crippen molar-refractivity contribution < 1.29 is 22.7 Å². The number of hydrogen-bond donors (Lipinski definition) is 0. The van der Waals surface area contributed by atoms with Gasteiger partial charge in [-0.3, -0.25) is 4.79 Å². The minimum Gasteiger partial charge on any atom is -0.454 e. The molecule has 2 aromatic carbocycles. The van der Waals surface area contributed by atoms with Crippen LogP contribution >= 0.6 is 11.6 Å². The van der Waals surface area contributed by atoms with Gasteiger partial charge in [-0.05, 0) is 30.3 Å². The zero-order valence-electron chi connectivity index (χ0n) is 14.3. The molecular formula is C18H17ClN2O5S. The summed E-state index contributed by atoms with van der Waals surface area (Å²) in [7, 11) is -3.64. The highest BCUT2D eigenvalue weighted by molar-refractivity contribution is 7.89. The fraction of sp³-hybridized carbons (Fsp3) is 0.278. The molecule has 2 aromatic rings. The Kier molecular flexibility index (Phi) is 4.71. The highest BCUT2D eigenvalue weighted by Gasteiger charge is 2.32. The predicted octanol–water partition coefficient (Wildman–Crippen LogP) is 2.22. The lowest BCUT2D eigenvalue weighted by Crippen LogP contribution is -2.50. The molecule has 4 rings (SSSR count). The van der Waals surface area contributed by atoms with Crippen LogP contribution in [0.5, 0.6) is 11.5 Å². The van der Waals surface area contributed by atoms with E-state index in [4.69, 9.17) is 21.1 Å². The van der Waals surface area contributed by atoms with Crippen LogP contribution in [0.15, 0.2) is 47.4 Å². The van der Waals surface area contributed by atoms with E-state index in [9.17, 15) is 13.2 Å². The number of halogens is 1. The van der Waals surface area contributed by atoms with Gasteiger partial charge in [0.15, 0.2) is 11.5 Å². The minimum absolute atomic E-state index is 0.0886. The Balaban J connectivity index is 1.48. The maximum Gasteiger partial charge on any atom is 0.257 e. The number of nitrogens with zero attached hydrogens (tertiary/aromatic N) is 2. The summed E-state index contributed by atoms with van der Waals surface area (Å²) in [6, 6.07) is 11.3. The summed E-state index contributed by atoms with van der Waals surface area (Å²) in [5.41, 5.74) is 0.427. The Labute approximate surface area is 162 Å². The summed E-state index contributed by atoms with van der Waals surface area (Å²) in [4.78, 5) is 14.6. The lowest BCUT2D eigenvalue weighted by molar-refractivity contribution is 0.0693. The molecule has 0 aliphatic carbocycles. The Hall–Kier alpha value is -2.29. The first kappa shape index (κ1) is 18.1. The third kappa shape index (κ3) is 3.36. The van der Waals surface area contributed by atoms with Crippen molar-refractivity contribution in [1.82, 2.24) is 9.21 Å². The summed E-state index contributed by atoms with van der Waals surface area (Å²) >= 11 is 5.91. The average molecular weight is 409 g/mol. The molecule has 0 bridgehead atoms. The van der Waals surface area contributed by atoms with Gasteiger partial charge >= 0.3 is 0 Å². The van der Waals surface area contributed by atoms with E-state index >= 15 is 0 Å². The number of ether oxygens (including phenoxy) is 2. The SMILES string of the molecule is O=C(c1cccc2c1OCO2)N1CCN(S(=O)(=O)c2cccc(Cl)c2)CC1. The summed E-state index contributed by atoms with van der Waals surface area (Å²) in [5.74, 6) is 0.789. The Morgan fingerprint density at radius 3 is 2.48 bits per heavy atom. The van der Waals surface area contributed by atoms with Gasteiger partial charge in [-0.15, -0.1) is 0 Å². The molecule has 0 spiro atoms. The van der Waals surface area contributed by atoms with Crippen molar-refractivity contribution in [3.8, 4) is 11.5 Å². The summed E-state index contributed by atoms with van der Waals surface area (Å²) in [6.07, 6.45) is 0. The van der Waals surface area contributed by atoms with E-state index in [-0.39, 0.29) is 30.7 Å². The molecule has 0 saturated carbocycles. The first-order valence-corrected chi connectivity index (χ1v) is 10.2. The predicted molar refractivity (Wildman–Crippen MR) is 98.7 cm³/mol. The number of sulfonamides is 1. The van der Waals surface area contributed by atoms with Crippen molar-refractivity contribution >= 4 is 27.5 Å². The molecule has 9 heteroatoms. The number of amides is 1. The molecule has 2 aliphatic rings. The fourth-order valence-corrected chi connectivity index (χ4v) is 4.90. The van der Waals surface area contributed by atoms with Gasteiger partial charge in [0.25, 0.3) is 5.91 Å². The highest BCUT2D eigenvalue weighted by Crippen LogP contribution is 2.36. The minimum atomic E-state index is -3.64. The van der Waals surface area contributed by atoms with Crippen LogP contribution in [-0.4, -0.2) is 56.5 Å². The number of para-hydroxylation sites is 1. The zero-order valence-corrected chi connectivity index (χ0v) is 15.9. The number of hydrogen-bond acceptors (Lipinski definition) is 5. The van der Waals surface area contributed by atoms with Gasteiger partial charge in [0.05, 0.1) is 10.5 Å². The van der Waals surface area contributed by atoms with Crippen LogP contribution in [0.25, 0.3) is 0 Å².